The Hall–Kier alpha value is -1.96. The quantitative estimate of drug-likeness (QED) is 0.720. The first-order chi connectivity index (χ1) is 9.02. The maximum atomic E-state index is 5.99. The SMILES string of the molecule is C=C1C=C(C)c2cc3c(C)c(CC)oc3c(C)c2O1. The van der Waals surface area contributed by atoms with Crippen molar-refractivity contribution < 1.29 is 9.15 Å². The molecule has 2 heteroatoms. The van der Waals surface area contributed by atoms with Crippen LogP contribution >= 0.6 is 0 Å². The first-order valence-corrected chi connectivity index (χ1v) is 6.64. The second-order valence-corrected chi connectivity index (χ2v) is 5.15. The lowest BCUT2D eigenvalue weighted by Crippen LogP contribution is -2.03. The molecule has 98 valence electrons. The summed E-state index contributed by atoms with van der Waals surface area (Å²) in [6, 6.07) is 2.17. The molecule has 1 aromatic heterocycles. The van der Waals surface area contributed by atoms with E-state index in [1.54, 1.807) is 0 Å². The van der Waals surface area contributed by atoms with Gasteiger partial charge < -0.3 is 9.15 Å². The molecule has 2 nitrogen and oxygen atoms in total. The molecule has 0 fully saturated rings. The van der Waals surface area contributed by atoms with Crippen LogP contribution in [0, 0.1) is 13.8 Å². The van der Waals surface area contributed by atoms with E-state index >= 15 is 0 Å². The van der Waals surface area contributed by atoms with Crippen molar-refractivity contribution in [3.05, 3.63) is 46.9 Å². The van der Waals surface area contributed by atoms with Crippen LogP contribution in [0.5, 0.6) is 5.75 Å². The summed E-state index contributed by atoms with van der Waals surface area (Å²) in [6.07, 6.45) is 2.89. The van der Waals surface area contributed by atoms with Crippen molar-refractivity contribution in [3.8, 4) is 5.75 Å². The number of hydrogen-bond donors (Lipinski definition) is 0. The summed E-state index contributed by atoms with van der Waals surface area (Å²) < 4.78 is 11.8. The summed E-state index contributed by atoms with van der Waals surface area (Å²) in [7, 11) is 0. The Morgan fingerprint density at radius 3 is 2.58 bits per heavy atom. The monoisotopic (exact) mass is 254 g/mol. The van der Waals surface area contributed by atoms with Crippen LogP contribution in [0.3, 0.4) is 0 Å². The van der Waals surface area contributed by atoms with E-state index in [0.717, 1.165) is 34.6 Å². The Labute approximate surface area is 113 Å². The normalized spacial score (nSPS) is 14.3. The lowest BCUT2D eigenvalue weighted by atomic mass is 9.96. The molecule has 0 saturated carbocycles. The van der Waals surface area contributed by atoms with Gasteiger partial charge in [0.25, 0.3) is 0 Å². The second-order valence-electron chi connectivity index (χ2n) is 5.15. The minimum Gasteiger partial charge on any atom is -0.460 e. The Balaban J connectivity index is 2.40. The predicted octanol–water partition coefficient (Wildman–Crippen LogP) is 4.92. The third kappa shape index (κ3) is 1.63. The zero-order chi connectivity index (χ0) is 13.7. The third-order valence-corrected chi connectivity index (χ3v) is 3.86. The van der Waals surface area contributed by atoms with Crippen molar-refractivity contribution in [2.45, 2.75) is 34.1 Å². The van der Waals surface area contributed by atoms with Crippen molar-refractivity contribution >= 4 is 16.5 Å². The van der Waals surface area contributed by atoms with Crippen LogP contribution in [-0.4, -0.2) is 0 Å². The average molecular weight is 254 g/mol. The lowest BCUT2D eigenvalue weighted by molar-refractivity contribution is 0.436. The zero-order valence-corrected chi connectivity index (χ0v) is 11.9. The first kappa shape index (κ1) is 12.1. The van der Waals surface area contributed by atoms with E-state index in [2.05, 4.69) is 40.3 Å². The summed E-state index contributed by atoms with van der Waals surface area (Å²) >= 11 is 0. The minimum atomic E-state index is 0.687. The number of furan rings is 1. The molecule has 0 N–H and O–H groups in total. The second kappa shape index (κ2) is 4.02. The van der Waals surface area contributed by atoms with Crippen molar-refractivity contribution in [1.29, 1.82) is 0 Å². The molecule has 0 radical (unpaired) electrons. The number of aryl methyl sites for hydroxylation is 3. The molecule has 1 aromatic carbocycles. The van der Waals surface area contributed by atoms with Crippen molar-refractivity contribution in [2.24, 2.45) is 0 Å². The lowest BCUT2D eigenvalue weighted by Gasteiger charge is -2.19. The molecule has 19 heavy (non-hydrogen) atoms. The smallest absolute Gasteiger partial charge is 0.141 e. The van der Waals surface area contributed by atoms with Crippen molar-refractivity contribution in [2.75, 3.05) is 0 Å². The van der Waals surface area contributed by atoms with Gasteiger partial charge >= 0.3 is 0 Å². The Kier molecular flexibility index (Phi) is 2.56. The molecule has 0 amide bonds. The van der Waals surface area contributed by atoms with Gasteiger partial charge in [0.2, 0.25) is 0 Å². The van der Waals surface area contributed by atoms with Crippen LogP contribution < -0.4 is 4.74 Å². The summed E-state index contributed by atoms with van der Waals surface area (Å²) in [5, 5.41) is 1.19. The molecular weight excluding hydrogens is 236 g/mol. The van der Waals surface area contributed by atoms with Gasteiger partial charge in [-0.1, -0.05) is 13.5 Å². The standard InChI is InChI=1S/C17H18O2/c1-6-15-11(4)14-8-13-9(2)7-10(3)18-16(13)12(5)17(14)19-15/h7-8H,3,6H2,1-2,4-5H3. The molecule has 1 aliphatic heterocycles. The number of fused-ring (bicyclic) bond motifs is 2. The number of hydrogen-bond acceptors (Lipinski definition) is 2. The van der Waals surface area contributed by atoms with Crippen LogP contribution in [0.15, 0.2) is 28.9 Å². The van der Waals surface area contributed by atoms with E-state index in [0.29, 0.717) is 5.76 Å². The van der Waals surface area contributed by atoms with E-state index in [1.807, 2.05) is 6.08 Å². The molecule has 0 atom stereocenters. The molecule has 2 aromatic rings. The highest BCUT2D eigenvalue weighted by molar-refractivity contribution is 5.92. The molecular formula is C17H18O2. The van der Waals surface area contributed by atoms with Crippen LogP contribution in [0.4, 0.5) is 0 Å². The van der Waals surface area contributed by atoms with E-state index in [9.17, 15) is 0 Å². The molecule has 0 bridgehead atoms. The Bertz CT molecular complexity index is 730. The summed E-state index contributed by atoms with van der Waals surface area (Å²) in [5.41, 5.74) is 5.57. The first-order valence-electron chi connectivity index (χ1n) is 6.64. The van der Waals surface area contributed by atoms with Crippen LogP contribution in [-0.2, 0) is 6.42 Å². The maximum absolute atomic E-state index is 5.99. The van der Waals surface area contributed by atoms with Gasteiger partial charge in [-0.05, 0) is 44.1 Å². The van der Waals surface area contributed by atoms with Gasteiger partial charge in [0.1, 0.15) is 22.9 Å². The summed E-state index contributed by atoms with van der Waals surface area (Å²) in [5.74, 6) is 2.63. The maximum Gasteiger partial charge on any atom is 0.141 e. The number of rotatable bonds is 1. The molecule has 3 rings (SSSR count). The zero-order valence-electron chi connectivity index (χ0n) is 11.9. The summed E-state index contributed by atoms with van der Waals surface area (Å²) in [6.45, 7) is 12.3. The molecule has 0 spiro atoms. The summed E-state index contributed by atoms with van der Waals surface area (Å²) in [4.78, 5) is 0. The Morgan fingerprint density at radius 2 is 1.89 bits per heavy atom. The molecule has 1 aliphatic rings. The minimum absolute atomic E-state index is 0.687. The third-order valence-electron chi connectivity index (χ3n) is 3.86. The van der Waals surface area contributed by atoms with Gasteiger partial charge in [-0.15, -0.1) is 0 Å². The van der Waals surface area contributed by atoms with Gasteiger partial charge in [-0.2, -0.15) is 0 Å². The topological polar surface area (TPSA) is 22.4 Å². The molecule has 0 unspecified atom stereocenters. The fourth-order valence-electron chi connectivity index (χ4n) is 2.78. The number of allylic oxidation sites excluding steroid dienone is 2. The largest absolute Gasteiger partial charge is 0.460 e. The Morgan fingerprint density at radius 1 is 1.16 bits per heavy atom. The predicted molar refractivity (Wildman–Crippen MR) is 78.5 cm³/mol. The van der Waals surface area contributed by atoms with Crippen molar-refractivity contribution in [1.82, 2.24) is 0 Å². The number of benzene rings is 1. The molecule has 2 heterocycles. The van der Waals surface area contributed by atoms with Crippen LogP contribution in [0.1, 0.15) is 36.3 Å². The van der Waals surface area contributed by atoms with Crippen LogP contribution in [0.25, 0.3) is 16.5 Å². The van der Waals surface area contributed by atoms with Gasteiger partial charge in [0.15, 0.2) is 0 Å². The van der Waals surface area contributed by atoms with Gasteiger partial charge in [0.05, 0.1) is 0 Å². The van der Waals surface area contributed by atoms with Crippen LogP contribution in [0.2, 0.25) is 0 Å². The van der Waals surface area contributed by atoms with Crippen molar-refractivity contribution in [3.63, 3.8) is 0 Å². The molecule has 0 saturated heterocycles. The van der Waals surface area contributed by atoms with E-state index < -0.39 is 0 Å². The van der Waals surface area contributed by atoms with E-state index in [4.69, 9.17) is 9.15 Å². The van der Waals surface area contributed by atoms with Gasteiger partial charge in [0, 0.05) is 22.9 Å². The fourth-order valence-corrected chi connectivity index (χ4v) is 2.78. The van der Waals surface area contributed by atoms with E-state index in [1.165, 1.54) is 16.5 Å². The highest BCUT2D eigenvalue weighted by Gasteiger charge is 2.21. The fraction of sp³-hybridized carbons (Fsp3) is 0.294. The van der Waals surface area contributed by atoms with Gasteiger partial charge in [-0.3, -0.25) is 0 Å². The van der Waals surface area contributed by atoms with E-state index in [-0.39, 0.29) is 0 Å². The average Bonchev–Trinajstić information content (AvgIpc) is 2.69. The number of ether oxygens (including phenoxy) is 1. The highest BCUT2D eigenvalue weighted by atomic mass is 16.5. The highest BCUT2D eigenvalue weighted by Crippen LogP contribution is 2.41. The molecule has 0 aliphatic carbocycles. The van der Waals surface area contributed by atoms with Gasteiger partial charge in [-0.25, -0.2) is 0 Å².